The molecule has 0 aliphatic heterocycles. The van der Waals surface area contributed by atoms with Gasteiger partial charge in [0.1, 0.15) is 30.7 Å². The number of hydrogen-bond acceptors (Lipinski definition) is 6. The zero-order valence-electron chi connectivity index (χ0n) is 20.7. The summed E-state index contributed by atoms with van der Waals surface area (Å²) in [6.45, 7) is 4.12. The van der Waals surface area contributed by atoms with Crippen LogP contribution >= 0.6 is 0 Å². The SMILES string of the molecule is CCCS(=O)(=O)Nc1ccc(F)c(-c2cc3cnc(NCC(C)NC(C)=O)cc3cc2OCCF)c1F. The molecule has 3 N–H and O–H groups in total. The molecule has 0 saturated heterocycles. The van der Waals surface area contributed by atoms with Crippen molar-refractivity contribution in [1.29, 1.82) is 0 Å². The molecule has 12 heteroatoms. The van der Waals surface area contributed by atoms with E-state index in [2.05, 4.69) is 20.3 Å². The number of halogens is 3. The van der Waals surface area contributed by atoms with Gasteiger partial charge < -0.3 is 15.4 Å². The summed E-state index contributed by atoms with van der Waals surface area (Å²) in [6, 6.07) is 6.44. The first-order valence-electron chi connectivity index (χ1n) is 11.7. The fourth-order valence-corrected chi connectivity index (χ4v) is 4.89. The Bertz CT molecular complexity index is 1390. The van der Waals surface area contributed by atoms with E-state index >= 15 is 4.39 Å². The third-order valence-electron chi connectivity index (χ3n) is 5.29. The Kier molecular flexibility index (Phi) is 9.19. The summed E-state index contributed by atoms with van der Waals surface area (Å²) >= 11 is 0. The van der Waals surface area contributed by atoms with E-state index in [1.165, 1.54) is 25.3 Å². The molecule has 0 aliphatic rings. The van der Waals surface area contributed by atoms with Crippen LogP contribution < -0.4 is 20.1 Å². The average Bonchev–Trinajstić information content (AvgIpc) is 2.82. The standard InChI is InChI=1S/C25H29F3N4O4S/c1-4-9-37(34,35)32-21-6-5-20(27)24(25(21)28)19-10-18-14-30-23(29-13-15(2)31-16(3)33)12-17(18)11-22(19)36-8-7-26/h5-6,10-12,14-15,32H,4,7-9,13H2,1-3H3,(H,29,30)(H,31,33). The molecule has 0 spiro atoms. The Labute approximate surface area is 213 Å². The van der Waals surface area contributed by atoms with Crippen molar-refractivity contribution in [2.45, 2.75) is 33.2 Å². The highest BCUT2D eigenvalue weighted by Crippen LogP contribution is 2.39. The topological polar surface area (TPSA) is 109 Å². The molecule has 0 bridgehead atoms. The van der Waals surface area contributed by atoms with Crippen LogP contribution in [-0.2, 0) is 14.8 Å². The zero-order chi connectivity index (χ0) is 27.2. The minimum atomic E-state index is -3.83. The second kappa shape index (κ2) is 12.1. The van der Waals surface area contributed by atoms with Crippen LogP contribution in [-0.4, -0.2) is 50.9 Å². The summed E-state index contributed by atoms with van der Waals surface area (Å²) in [5.41, 5.74) is -0.944. The number of carbonyl (C=O) groups excluding carboxylic acids is 1. The molecule has 1 unspecified atom stereocenters. The molecule has 0 saturated carbocycles. The molecule has 1 aromatic heterocycles. The van der Waals surface area contributed by atoms with Gasteiger partial charge in [0.2, 0.25) is 15.9 Å². The fourth-order valence-electron chi connectivity index (χ4n) is 3.75. The third-order valence-corrected chi connectivity index (χ3v) is 6.77. The number of hydrogen-bond donors (Lipinski definition) is 3. The van der Waals surface area contributed by atoms with Gasteiger partial charge in [-0.25, -0.2) is 26.6 Å². The number of fused-ring (bicyclic) bond motifs is 1. The largest absolute Gasteiger partial charge is 0.490 e. The quantitative estimate of drug-likeness (QED) is 0.311. The Morgan fingerprint density at radius 1 is 1.16 bits per heavy atom. The highest BCUT2D eigenvalue weighted by atomic mass is 32.2. The van der Waals surface area contributed by atoms with E-state index in [1.54, 1.807) is 13.0 Å². The number of benzene rings is 2. The molecule has 1 amide bonds. The van der Waals surface area contributed by atoms with Crippen LogP contribution in [0.5, 0.6) is 5.75 Å². The van der Waals surface area contributed by atoms with E-state index in [1.807, 2.05) is 6.92 Å². The van der Waals surface area contributed by atoms with Gasteiger partial charge in [-0.05, 0) is 49.1 Å². The Morgan fingerprint density at radius 3 is 2.59 bits per heavy atom. The molecule has 200 valence electrons. The summed E-state index contributed by atoms with van der Waals surface area (Å²) in [5.74, 6) is -1.96. The molecule has 37 heavy (non-hydrogen) atoms. The number of sulfonamides is 1. The van der Waals surface area contributed by atoms with Crippen molar-refractivity contribution in [2.24, 2.45) is 0 Å². The number of alkyl halides is 1. The van der Waals surface area contributed by atoms with E-state index in [0.29, 0.717) is 29.6 Å². The number of rotatable bonds is 12. The van der Waals surface area contributed by atoms with Crippen LogP contribution in [0.25, 0.3) is 21.9 Å². The van der Waals surface area contributed by atoms with E-state index in [4.69, 9.17) is 4.74 Å². The zero-order valence-corrected chi connectivity index (χ0v) is 21.5. The third kappa shape index (κ3) is 7.25. The number of amides is 1. The number of nitrogens with zero attached hydrogens (tertiary/aromatic N) is 1. The van der Waals surface area contributed by atoms with Crippen molar-refractivity contribution >= 4 is 38.2 Å². The summed E-state index contributed by atoms with van der Waals surface area (Å²) < 4.78 is 75.3. The fraction of sp³-hybridized carbons (Fsp3) is 0.360. The van der Waals surface area contributed by atoms with Crippen LogP contribution in [0, 0.1) is 11.6 Å². The Balaban J connectivity index is 2.05. The van der Waals surface area contributed by atoms with Gasteiger partial charge in [-0.1, -0.05) is 6.92 Å². The number of ether oxygens (including phenoxy) is 1. The molecule has 0 radical (unpaired) electrons. The maximum Gasteiger partial charge on any atom is 0.232 e. The number of carbonyl (C=O) groups is 1. The van der Waals surface area contributed by atoms with Crippen molar-refractivity contribution in [3.63, 3.8) is 0 Å². The van der Waals surface area contributed by atoms with Gasteiger partial charge in [-0.2, -0.15) is 0 Å². The van der Waals surface area contributed by atoms with Crippen molar-refractivity contribution < 1.29 is 31.1 Å². The molecule has 8 nitrogen and oxygen atoms in total. The molecule has 2 aromatic carbocycles. The van der Waals surface area contributed by atoms with Gasteiger partial charge in [-0.15, -0.1) is 0 Å². The van der Waals surface area contributed by atoms with Crippen molar-refractivity contribution in [1.82, 2.24) is 10.3 Å². The Hall–Kier alpha value is -3.54. The summed E-state index contributed by atoms with van der Waals surface area (Å²) in [4.78, 5) is 15.5. The number of anilines is 2. The molecule has 1 heterocycles. The van der Waals surface area contributed by atoms with E-state index in [-0.39, 0.29) is 35.6 Å². The van der Waals surface area contributed by atoms with Gasteiger partial charge in [0.15, 0.2) is 5.82 Å². The smallest absolute Gasteiger partial charge is 0.232 e. The molecule has 3 aromatic rings. The number of nitrogens with one attached hydrogen (secondary N) is 3. The van der Waals surface area contributed by atoms with Crippen LogP contribution in [0.2, 0.25) is 0 Å². The van der Waals surface area contributed by atoms with Gasteiger partial charge in [0, 0.05) is 36.7 Å². The minimum Gasteiger partial charge on any atom is -0.490 e. The first-order chi connectivity index (χ1) is 17.5. The molecule has 3 rings (SSSR count). The van der Waals surface area contributed by atoms with Crippen molar-refractivity contribution in [3.05, 3.63) is 48.2 Å². The highest BCUT2D eigenvalue weighted by molar-refractivity contribution is 7.92. The Morgan fingerprint density at radius 2 is 1.92 bits per heavy atom. The molecule has 0 fully saturated rings. The van der Waals surface area contributed by atoms with E-state index in [0.717, 1.165) is 12.1 Å². The average molecular weight is 539 g/mol. The predicted molar refractivity (Wildman–Crippen MR) is 138 cm³/mol. The first kappa shape index (κ1) is 28.0. The van der Waals surface area contributed by atoms with Crippen LogP contribution in [0.4, 0.5) is 24.7 Å². The number of pyridine rings is 1. The maximum absolute atomic E-state index is 15.5. The summed E-state index contributed by atoms with van der Waals surface area (Å²) in [6.07, 6.45) is 1.81. The first-order valence-corrected chi connectivity index (χ1v) is 13.3. The summed E-state index contributed by atoms with van der Waals surface area (Å²) in [7, 11) is -3.83. The van der Waals surface area contributed by atoms with Gasteiger partial charge in [0.05, 0.1) is 17.0 Å². The lowest BCUT2D eigenvalue weighted by Crippen LogP contribution is -2.35. The highest BCUT2D eigenvalue weighted by Gasteiger charge is 2.22. The maximum atomic E-state index is 15.5. The lowest BCUT2D eigenvalue weighted by atomic mass is 9.99. The summed E-state index contributed by atoms with van der Waals surface area (Å²) in [5, 5.41) is 6.96. The van der Waals surface area contributed by atoms with Crippen LogP contribution in [0.1, 0.15) is 27.2 Å². The monoisotopic (exact) mass is 538 g/mol. The van der Waals surface area contributed by atoms with E-state index in [9.17, 15) is 22.0 Å². The second-order valence-corrected chi connectivity index (χ2v) is 10.3. The number of aromatic nitrogens is 1. The lowest BCUT2D eigenvalue weighted by Gasteiger charge is -2.17. The van der Waals surface area contributed by atoms with Gasteiger partial charge in [0.25, 0.3) is 0 Å². The predicted octanol–water partition coefficient (Wildman–Crippen LogP) is 4.62. The van der Waals surface area contributed by atoms with Crippen molar-refractivity contribution in [2.75, 3.05) is 35.6 Å². The molecular weight excluding hydrogens is 509 g/mol. The normalized spacial score (nSPS) is 12.3. The molecule has 1 atom stereocenters. The molecule has 0 aliphatic carbocycles. The van der Waals surface area contributed by atoms with E-state index < -0.39 is 39.6 Å². The van der Waals surface area contributed by atoms with Gasteiger partial charge in [-0.3, -0.25) is 9.52 Å². The second-order valence-electron chi connectivity index (χ2n) is 8.49. The van der Waals surface area contributed by atoms with Crippen molar-refractivity contribution in [3.8, 4) is 16.9 Å². The minimum absolute atomic E-state index is 0.0141. The lowest BCUT2D eigenvalue weighted by molar-refractivity contribution is -0.119. The molecular formula is C25H29F3N4O4S. The van der Waals surface area contributed by atoms with Crippen LogP contribution in [0.3, 0.4) is 0 Å². The van der Waals surface area contributed by atoms with Gasteiger partial charge >= 0.3 is 0 Å². The van der Waals surface area contributed by atoms with Crippen LogP contribution in [0.15, 0.2) is 36.5 Å².